The number of carbonyl (C=O) groups excluding carboxylic acids is 1. The highest BCUT2D eigenvalue weighted by Crippen LogP contribution is 2.26. The van der Waals surface area contributed by atoms with Crippen molar-refractivity contribution in [2.75, 3.05) is 6.54 Å². The summed E-state index contributed by atoms with van der Waals surface area (Å²) in [4.78, 5) is 12.9. The van der Waals surface area contributed by atoms with E-state index in [9.17, 15) is 13.2 Å². The third-order valence-electron chi connectivity index (χ3n) is 5.05. The molecule has 0 saturated heterocycles. The van der Waals surface area contributed by atoms with Gasteiger partial charge in [-0.15, -0.1) is 0 Å². The number of aryl methyl sites for hydroxylation is 2. The van der Waals surface area contributed by atoms with Gasteiger partial charge in [0, 0.05) is 13.0 Å². The molecule has 0 unspecified atom stereocenters. The molecule has 154 valence electrons. The fourth-order valence-electron chi connectivity index (χ4n) is 3.18. The molecule has 2 rings (SSSR count). The van der Waals surface area contributed by atoms with E-state index in [1.165, 1.54) is 0 Å². The lowest BCUT2D eigenvalue weighted by Gasteiger charge is -2.23. The molecule has 1 atom stereocenters. The van der Waals surface area contributed by atoms with E-state index in [1.807, 2.05) is 39.8 Å². The number of rotatable bonds is 8. The average Bonchev–Trinajstić information content (AvgIpc) is 3.11. The first-order chi connectivity index (χ1) is 13.0. The molecule has 2 N–H and O–H groups in total. The number of benzene rings is 1. The maximum atomic E-state index is 13.2. The van der Waals surface area contributed by atoms with Gasteiger partial charge in [-0.3, -0.25) is 4.79 Å². The highest BCUT2D eigenvalue weighted by molar-refractivity contribution is 7.89. The van der Waals surface area contributed by atoms with Gasteiger partial charge < -0.3 is 9.73 Å². The van der Waals surface area contributed by atoms with Crippen molar-refractivity contribution in [2.45, 2.75) is 58.9 Å². The minimum Gasteiger partial charge on any atom is -0.469 e. The van der Waals surface area contributed by atoms with Crippen LogP contribution in [0.1, 0.15) is 41.9 Å². The Bertz CT molecular complexity index is 906. The van der Waals surface area contributed by atoms with Crippen molar-refractivity contribution >= 4 is 15.9 Å². The summed E-state index contributed by atoms with van der Waals surface area (Å²) in [5.74, 6) is 0.221. The van der Waals surface area contributed by atoms with Crippen LogP contribution in [0.25, 0.3) is 0 Å². The van der Waals surface area contributed by atoms with E-state index < -0.39 is 16.1 Å². The number of hydrogen-bond acceptors (Lipinski definition) is 4. The maximum Gasteiger partial charge on any atom is 0.241 e. The van der Waals surface area contributed by atoms with Crippen molar-refractivity contribution < 1.29 is 17.6 Å². The van der Waals surface area contributed by atoms with E-state index in [1.54, 1.807) is 26.2 Å². The van der Waals surface area contributed by atoms with Crippen molar-refractivity contribution in [1.29, 1.82) is 0 Å². The fourth-order valence-corrected chi connectivity index (χ4v) is 5.14. The number of amides is 1. The van der Waals surface area contributed by atoms with Gasteiger partial charge >= 0.3 is 0 Å². The number of hydrogen-bond donors (Lipinski definition) is 2. The first-order valence-electron chi connectivity index (χ1n) is 9.44. The Morgan fingerprint density at radius 2 is 1.71 bits per heavy atom. The predicted molar refractivity (Wildman–Crippen MR) is 110 cm³/mol. The van der Waals surface area contributed by atoms with Crippen molar-refractivity contribution in [3.63, 3.8) is 0 Å². The molecule has 0 aliphatic heterocycles. The first-order valence-corrected chi connectivity index (χ1v) is 10.9. The third-order valence-corrected chi connectivity index (χ3v) is 6.76. The van der Waals surface area contributed by atoms with Crippen LogP contribution < -0.4 is 10.0 Å². The molecule has 28 heavy (non-hydrogen) atoms. The topological polar surface area (TPSA) is 88.4 Å². The Kier molecular flexibility index (Phi) is 7.06. The van der Waals surface area contributed by atoms with Crippen LogP contribution >= 0.6 is 0 Å². The molecular weight excluding hydrogens is 376 g/mol. The predicted octanol–water partition coefficient (Wildman–Crippen LogP) is 3.18. The van der Waals surface area contributed by atoms with Crippen molar-refractivity contribution in [3.05, 3.63) is 52.5 Å². The van der Waals surface area contributed by atoms with Crippen LogP contribution in [0.5, 0.6) is 0 Å². The Hall–Kier alpha value is -2.12. The van der Waals surface area contributed by atoms with Gasteiger partial charge in [0.25, 0.3) is 0 Å². The van der Waals surface area contributed by atoms with E-state index in [0.29, 0.717) is 24.1 Å². The van der Waals surface area contributed by atoms with E-state index in [2.05, 4.69) is 10.0 Å². The molecule has 0 fully saturated rings. The molecule has 1 aromatic heterocycles. The van der Waals surface area contributed by atoms with Crippen LogP contribution in [0.3, 0.4) is 0 Å². The molecule has 0 bridgehead atoms. The van der Waals surface area contributed by atoms with Gasteiger partial charge in [-0.1, -0.05) is 19.9 Å². The Morgan fingerprint density at radius 1 is 1.11 bits per heavy atom. The highest BCUT2D eigenvalue weighted by Gasteiger charge is 2.30. The molecule has 6 nitrogen and oxygen atoms in total. The second-order valence-electron chi connectivity index (χ2n) is 7.55. The van der Waals surface area contributed by atoms with Crippen LogP contribution in [0.2, 0.25) is 0 Å². The normalized spacial score (nSPS) is 13.0. The molecule has 1 heterocycles. The van der Waals surface area contributed by atoms with Gasteiger partial charge in [0.15, 0.2) is 0 Å². The minimum atomic E-state index is -3.85. The molecule has 0 aliphatic carbocycles. The first kappa shape index (κ1) is 22.2. The SMILES string of the molecule is Cc1cc(C)c(C)c(S(=O)(=O)N[C@@H](C(=O)NCCc2ccco2)C(C)C)c1C. The van der Waals surface area contributed by atoms with Crippen LogP contribution in [0, 0.1) is 33.6 Å². The van der Waals surface area contributed by atoms with Crippen LogP contribution in [-0.2, 0) is 21.2 Å². The van der Waals surface area contributed by atoms with Crippen molar-refractivity contribution in [2.24, 2.45) is 5.92 Å². The molecule has 1 amide bonds. The summed E-state index contributed by atoms with van der Waals surface area (Å²) in [5, 5.41) is 2.80. The lowest BCUT2D eigenvalue weighted by Crippen LogP contribution is -2.50. The number of carbonyl (C=O) groups is 1. The third kappa shape index (κ3) is 5.02. The Morgan fingerprint density at radius 3 is 2.21 bits per heavy atom. The van der Waals surface area contributed by atoms with E-state index in [-0.39, 0.29) is 16.7 Å². The molecular formula is C21H30N2O4S. The zero-order valence-electron chi connectivity index (χ0n) is 17.4. The van der Waals surface area contributed by atoms with E-state index in [4.69, 9.17) is 4.42 Å². The van der Waals surface area contributed by atoms with Gasteiger partial charge in [0.2, 0.25) is 15.9 Å². The lowest BCUT2D eigenvalue weighted by atomic mass is 10.0. The molecule has 0 aliphatic rings. The zero-order chi connectivity index (χ0) is 21.1. The fraction of sp³-hybridized carbons (Fsp3) is 0.476. The smallest absolute Gasteiger partial charge is 0.241 e. The quantitative estimate of drug-likeness (QED) is 0.705. The summed E-state index contributed by atoms with van der Waals surface area (Å²) < 4.78 is 34.2. The van der Waals surface area contributed by atoms with Crippen LogP contribution in [0.4, 0.5) is 0 Å². The molecule has 7 heteroatoms. The standard InChI is InChI=1S/C21H30N2O4S/c1-13(2)19(21(24)22-10-9-18-8-7-11-27-18)23-28(25,26)20-16(5)14(3)12-15(4)17(20)6/h7-8,11-13,19,23H,9-10H2,1-6H3,(H,22,24)/t19-/m1/s1. The molecule has 1 aromatic carbocycles. The van der Waals surface area contributed by atoms with Gasteiger partial charge in [-0.2, -0.15) is 4.72 Å². The number of nitrogens with one attached hydrogen (secondary N) is 2. The minimum absolute atomic E-state index is 0.204. The average molecular weight is 407 g/mol. The van der Waals surface area contributed by atoms with E-state index >= 15 is 0 Å². The Labute approximate surface area is 167 Å². The summed E-state index contributed by atoms with van der Waals surface area (Å²) in [5.41, 5.74) is 3.23. The second kappa shape index (κ2) is 8.92. The monoisotopic (exact) mass is 406 g/mol. The van der Waals surface area contributed by atoms with E-state index in [0.717, 1.165) is 16.9 Å². The summed E-state index contributed by atoms with van der Waals surface area (Å²) >= 11 is 0. The van der Waals surface area contributed by atoms with Crippen molar-refractivity contribution in [3.8, 4) is 0 Å². The molecule has 0 radical (unpaired) electrons. The highest BCUT2D eigenvalue weighted by atomic mass is 32.2. The number of sulfonamides is 1. The maximum absolute atomic E-state index is 13.2. The largest absolute Gasteiger partial charge is 0.469 e. The zero-order valence-corrected chi connectivity index (χ0v) is 18.2. The van der Waals surface area contributed by atoms with Gasteiger partial charge in [0.05, 0.1) is 11.2 Å². The Balaban J connectivity index is 2.20. The lowest BCUT2D eigenvalue weighted by molar-refractivity contribution is -0.123. The van der Waals surface area contributed by atoms with Crippen molar-refractivity contribution in [1.82, 2.24) is 10.0 Å². The number of furan rings is 1. The second-order valence-corrected chi connectivity index (χ2v) is 9.20. The van der Waals surface area contributed by atoms with Gasteiger partial charge in [-0.25, -0.2) is 8.42 Å². The van der Waals surface area contributed by atoms with Crippen LogP contribution in [-0.4, -0.2) is 26.9 Å². The van der Waals surface area contributed by atoms with Crippen LogP contribution in [0.15, 0.2) is 33.8 Å². The van der Waals surface area contributed by atoms with Gasteiger partial charge in [0.1, 0.15) is 11.8 Å². The summed E-state index contributed by atoms with van der Waals surface area (Å²) in [6, 6.07) is 4.74. The molecule has 2 aromatic rings. The molecule has 0 spiro atoms. The summed E-state index contributed by atoms with van der Waals surface area (Å²) in [6.07, 6.45) is 2.13. The summed E-state index contributed by atoms with van der Waals surface area (Å²) in [7, 11) is -3.85. The summed E-state index contributed by atoms with van der Waals surface area (Å²) in [6.45, 7) is 11.4. The van der Waals surface area contributed by atoms with Gasteiger partial charge in [-0.05, 0) is 68.0 Å². The molecule has 0 saturated carbocycles.